The number of hydrogen-bond donors (Lipinski definition) is 1. The highest BCUT2D eigenvalue weighted by Crippen LogP contribution is 2.17. The Hall–Kier alpha value is -3.44. The summed E-state index contributed by atoms with van der Waals surface area (Å²) >= 11 is 0. The van der Waals surface area contributed by atoms with E-state index in [4.69, 9.17) is 10.5 Å². The molecule has 0 spiro atoms. The second-order valence-electron chi connectivity index (χ2n) is 4.43. The Balaban J connectivity index is 2.22. The Morgan fingerprint density at radius 1 is 1.00 bits per heavy atom. The topological polar surface area (TPSA) is 89.0 Å². The number of nitriles is 2. The maximum absolute atomic E-state index is 12.4. The maximum atomic E-state index is 12.4. The van der Waals surface area contributed by atoms with Gasteiger partial charge in [0.15, 0.2) is 5.78 Å². The molecule has 0 saturated carbocycles. The Kier molecular flexibility index (Phi) is 5.01. The Bertz CT molecular complexity index is 766. The summed E-state index contributed by atoms with van der Waals surface area (Å²) in [7, 11) is 0. The van der Waals surface area contributed by atoms with Crippen molar-refractivity contribution in [2.75, 3.05) is 5.43 Å². The monoisotopic (exact) mass is 288 g/mol. The number of benzene rings is 2. The summed E-state index contributed by atoms with van der Waals surface area (Å²) in [4.78, 5) is 12.4. The van der Waals surface area contributed by atoms with Crippen LogP contribution in [0.5, 0.6) is 0 Å². The highest BCUT2D eigenvalue weighted by atomic mass is 16.1. The van der Waals surface area contributed by atoms with E-state index in [9.17, 15) is 4.79 Å². The fourth-order valence-electron chi connectivity index (χ4n) is 1.89. The largest absolute Gasteiger partial charge is 0.294 e. The van der Waals surface area contributed by atoms with Gasteiger partial charge in [0.05, 0.1) is 5.69 Å². The van der Waals surface area contributed by atoms with Gasteiger partial charge in [-0.3, -0.25) is 10.2 Å². The van der Waals surface area contributed by atoms with Gasteiger partial charge < -0.3 is 0 Å². The molecule has 0 unspecified atom stereocenters. The van der Waals surface area contributed by atoms with Crippen molar-refractivity contribution in [2.45, 2.75) is 6.42 Å². The Morgan fingerprint density at radius 3 is 2.32 bits per heavy atom. The third-order valence-electron chi connectivity index (χ3n) is 2.93. The summed E-state index contributed by atoms with van der Waals surface area (Å²) < 4.78 is 0. The number of carbonyl (C=O) groups excluding carboxylic acids is 1. The van der Waals surface area contributed by atoms with Crippen LogP contribution in [-0.4, -0.2) is 11.5 Å². The van der Waals surface area contributed by atoms with Crippen LogP contribution in [0.4, 0.5) is 5.69 Å². The zero-order chi connectivity index (χ0) is 15.8. The number of Topliss-reactive ketones (excluding diaryl/α,β-unsaturated/α-hetero) is 1. The van der Waals surface area contributed by atoms with Crippen molar-refractivity contribution in [3.63, 3.8) is 0 Å². The van der Waals surface area contributed by atoms with Crippen molar-refractivity contribution in [3.8, 4) is 12.1 Å². The molecule has 5 nitrogen and oxygen atoms in total. The molecule has 0 fully saturated rings. The van der Waals surface area contributed by atoms with Crippen LogP contribution in [-0.2, 0) is 6.42 Å². The molecule has 106 valence electrons. The van der Waals surface area contributed by atoms with E-state index in [-0.39, 0.29) is 17.9 Å². The smallest absolute Gasteiger partial charge is 0.237 e. The molecule has 0 heterocycles. The summed E-state index contributed by atoms with van der Waals surface area (Å²) in [5.41, 5.74) is 4.15. The van der Waals surface area contributed by atoms with Crippen molar-refractivity contribution in [1.82, 2.24) is 0 Å². The predicted octanol–water partition coefficient (Wildman–Crippen LogP) is 2.93. The number of para-hydroxylation sites is 1. The minimum Gasteiger partial charge on any atom is -0.294 e. The van der Waals surface area contributed by atoms with E-state index in [1.54, 1.807) is 36.4 Å². The average Bonchev–Trinajstić information content (AvgIpc) is 2.57. The first-order valence-electron chi connectivity index (χ1n) is 6.54. The molecule has 0 bridgehead atoms. The number of ketones is 1. The number of hydrogen-bond acceptors (Lipinski definition) is 5. The predicted molar refractivity (Wildman–Crippen MR) is 83.2 cm³/mol. The molecule has 5 heteroatoms. The molecule has 2 aromatic rings. The van der Waals surface area contributed by atoms with E-state index in [1.807, 2.05) is 30.3 Å². The first kappa shape index (κ1) is 15.0. The van der Waals surface area contributed by atoms with Crippen molar-refractivity contribution in [3.05, 3.63) is 65.7 Å². The summed E-state index contributed by atoms with van der Waals surface area (Å²) in [6, 6.07) is 19.6. The second kappa shape index (κ2) is 7.37. The van der Waals surface area contributed by atoms with Crippen LogP contribution in [0.15, 0.2) is 59.7 Å². The van der Waals surface area contributed by atoms with E-state index in [1.165, 1.54) is 0 Å². The van der Waals surface area contributed by atoms with E-state index in [2.05, 4.69) is 10.5 Å². The summed E-state index contributed by atoms with van der Waals surface area (Å²) in [5.74, 6) is -0.0695. The molecule has 0 aliphatic carbocycles. The first-order valence-corrected chi connectivity index (χ1v) is 6.54. The van der Waals surface area contributed by atoms with Gasteiger partial charge in [0.1, 0.15) is 12.1 Å². The lowest BCUT2D eigenvalue weighted by molar-refractivity contribution is 0.0993. The van der Waals surface area contributed by atoms with Crippen LogP contribution in [0.3, 0.4) is 0 Å². The highest BCUT2D eigenvalue weighted by molar-refractivity contribution is 6.10. The van der Waals surface area contributed by atoms with Crippen molar-refractivity contribution in [2.24, 2.45) is 5.10 Å². The Morgan fingerprint density at radius 2 is 1.64 bits per heavy atom. The minimum atomic E-state index is -0.301. The zero-order valence-electron chi connectivity index (χ0n) is 11.7. The molecule has 1 N–H and O–H groups in total. The van der Waals surface area contributed by atoms with Crippen molar-refractivity contribution in [1.29, 1.82) is 10.5 Å². The SMILES string of the molecule is N#CC(C#N)=NNc1ccccc1C(=O)Cc1ccccc1. The number of carbonyl (C=O) groups is 1. The van der Waals surface area contributed by atoms with Gasteiger partial charge in [0.25, 0.3) is 0 Å². The second-order valence-corrected chi connectivity index (χ2v) is 4.43. The number of nitrogens with one attached hydrogen (secondary N) is 1. The Labute approximate surface area is 128 Å². The molecule has 0 radical (unpaired) electrons. The van der Waals surface area contributed by atoms with Crippen LogP contribution in [0.25, 0.3) is 0 Å². The molecular weight excluding hydrogens is 276 g/mol. The number of anilines is 1. The van der Waals surface area contributed by atoms with Gasteiger partial charge in [0.2, 0.25) is 5.71 Å². The van der Waals surface area contributed by atoms with Gasteiger partial charge in [-0.1, -0.05) is 42.5 Å². The fourth-order valence-corrected chi connectivity index (χ4v) is 1.89. The van der Waals surface area contributed by atoms with Crippen molar-refractivity contribution < 1.29 is 4.79 Å². The molecular formula is C17H12N4O. The summed E-state index contributed by atoms with van der Waals surface area (Å²) in [6.07, 6.45) is 0.270. The molecule has 0 aromatic heterocycles. The van der Waals surface area contributed by atoms with Gasteiger partial charge in [-0.15, -0.1) is 0 Å². The quantitative estimate of drug-likeness (QED) is 0.520. The number of hydrazone groups is 1. The van der Waals surface area contributed by atoms with Gasteiger partial charge in [-0.25, -0.2) is 0 Å². The van der Waals surface area contributed by atoms with Gasteiger partial charge in [-0.05, 0) is 17.7 Å². The van der Waals surface area contributed by atoms with E-state index in [0.29, 0.717) is 11.3 Å². The zero-order valence-corrected chi connectivity index (χ0v) is 11.7. The van der Waals surface area contributed by atoms with E-state index >= 15 is 0 Å². The van der Waals surface area contributed by atoms with Gasteiger partial charge in [-0.2, -0.15) is 15.6 Å². The maximum Gasteiger partial charge on any atom is 0.237 e. The molecule has 22 heavy (non-hydrogen) atoms. The first-order chi connectivity index (χ1) is 10.7. The molecule has 2 aromatic carbocycles. The standard InChI is InChI=1S/C17H12N4O/c18-11-14(12-19)20-21-16-9-5-4-8-15(16)17(22)10-13-6-2-1-3-7-13/h1-9,21H,10H2. The molecule has 0 amide bonds. The number of nitrogens with zero attached hydrogens (tertiary/aromatic N) is 3. The minimum absolute atomic E-state index is 0.0695. The summed E-state index contributed by atoms with van der Waals surface area (Å²) in [6.45, 7) is 0. The van der Waals surface area contributed by atoms with Gasteiger partial charge in [0, 0.05) is 12.0 Å². The average molecular weight is 288 g/mol. The third kappa shape index (κ3) is 3.78. The van der Waals surface area contributed by atoms with Crippen LogP contribution < -0.4 is 5.43 Å². The fraction of sp³-hybridized carbons (Fsp3) is 0.0588. The lowest BCUT2D eigenvalue weighted by Gasteiger charge is -2.07. The van der Waals surface area contributed by atoms with E-state index in [0.717, 1.165) is 5.56 Å². The van der Waals surface area contributed by atoms with Gasteiger partial charge >= 0.3 is 0 Å². The van der Waals surface area contributed by atoms with E-state index < -0.39 is 0 Å². The normalized spacial score (nSPS) is 9.18. The molecule has 2 rings (SSSR count). The van der Waals surface area contributed by atoms with Crippen LogP contribution in [0.2, 0.25) is 0 Å². The lowest BCUT2D eigenvalue weighted by Crippen LogP contribution is -2.07. The van der Waals surface area contributed by atoms with Crippen LogP contribution in [0.1, 0.15) is 15.9 Å². The summed E-state index contributed by atoms with van der Waals surface area (Å²) in [5, 5.41) is 21.0. The lowest BCUT2D eigenvalue weighted by atomic mass is 10.0. The van der Waals surface area contributed by atoms with Crippen LogP contribution >= 0.6 is 0 Å². The molecule has 0 aliphatic rings. The number of rotatable bonds is 5. The molecule has 0 saturated heterocycles. The molecule has 0 aliphatic heterocycles. The highest BCUT2D eigenvalue weighted by Gasteiger charge is 2.11. The molecule has 0 atom stereocenters. The van der Waals surface area contributed by atoms with Crippen molar-refractivity contribution >= 4 is 17.2 Å². The third-order valence-corrected chi connectivity index (χ3v) is 2.93. The van der Waals surface area contributed by atoms with Crippen LogP contribution in [0, 0.1) is 22.7 Å².